The molecule has 2 rings (SSSR count). The predicted molar refractivity (Wildman–Crippen MR) is 95.3 cm³/mol. The Morgan fingerprint density at radius 1 is 1.07 bits per heavy atom. The smallest absolute Gasteiger partial charge is 0.315 e. The zero-order chi connectivity index (χ0) is 19.6. The van der Waals surface area contributed by atoms with E-state index in [1.807, 2.05) is 24.3 Å². The monoisotopic (exact) mass is 380 g/mol. The van der Waals surface area contributed by atoms with Crippen molar-refractivity contribution in [2.75, 3.05) is 20.3 Å². The number of halogens is 2. The van der Waals surface area contributed by atoms with E-state index in [-0.39, 0.29) is 19.7 Å². The first kappa shape index (κ1) is 20.6. The highest BCUT2D eigenvalue weighted by Crippen LogP contribution is 2.12. The largest absolute Gasteiger partial charge is 0.497 e. The lowest BCUT2D eigenvalue weighted by atomic mass is 10.2. The van der Waals surface area contributed by atoms with Crippen molar-refractivity contribution < 1.29 is 28.2 Å². The van der Waals surface area contributed by atoms with Gasteiger partial charge in [-0.3, -0.25) is 0 Å². The van der Waals surface area contributed by atoms with Crippen LogP contribution in [0.5, 0.6) is 5.75 Å². The Morgan fingerprint density at radius 2 is 1.74 bits per heavy atom. The molecule has 0 bridgehead atoms. The van der Waals surface area contributed by atoms with E-state index < -0.39 is 23.8 Å². The molecule has 146 valence electrons. The summed E-state index contributed by atoms with van der Waals surface area (Å²) >= 11 is 0. The molecule has 2 aromatic rings. The topological polar surface area (TPSA) is 79.8 Å². The van der Waals surface area contributed by atoms with Crippen LogP contribution in [0.2, 0.25) is 0 Å². The van der Waals surface area contributed by atoms with Crippen molar-refractivity contribution in [3.05, 3.63) is 65.2 Å². The van der Waals surface area contributed by atoms with Crippen LogP contribution in [0.15, 0.2) is 42.5 Å². The van der Waals surface area contributed by atoms with E-state index in [0.717, 1.165) is 29.5 Å². The van der Waals surface area contributed by atoms with E-state index in [1.54, 1.807) is 7.11 Å². The molecule has 0 spiro atoms. The molecule has 1 atom stereocenters. The number of benzene rings is 2. The van der Waals surface area contributed by atoms with E-state index >= 15 is 0 Å². The predicted octanol–water partition coefficient (Wildman–Crippen LogP) is 2.35. The van der Waals surface area contributed by atoms with Gasteiger partial charge in [-0.25, -0.2) is 13.6 Å². The lowest BCUT2D eigenvalue weighted by Gasteiger charge is -2.13. The minimum Gasteiger partial charge on any atom is -0.497 e. The second-order valence-electron chi connectivity index (χ2n) is 5.86. The number of ether oxygens (including phenoxy) is 2. The van der Waals surface area contributed by atoms with Gasteiger partial charge in [0.2, 0.25) is 0 Å². The number of urea groups is 1. The van der Waals surface area contributed by atoms with Crippen LogP contribution in [-0.4, -0.2) is 37.5 Å². The lowest BCUT2D eigenvalue weighted by Crippen LogP contribution is -2.40. The second-order valence-corrected chi connectivity index (χ2v) is 5.86. The van der Waals surface area contributed by atoms with Crippen LogP contribution < -0.4 is 15.4 Å². The molecule has 27 heavy (non-hydrogen) atoms. The van der Waals surface area contributed by atoms with Gasteiger partial charge in [0.1, 0.15) is 17.4 Å². The van der Waals surface area contributed by atoms with Crippen molar-refractivity contribution in [2.24, 2.45) is 0 Å². The molecule has 6 nitrogen and oxygen atoms in total. The summed E-state index contributed by atoms with van der Waals surface area (Å²) in [6.45, 7) is 0.302. The molecular formula is C19H22F2N2O4. The summed E-state index contributed by atoms with van der Waals surface area (Å²) in [7, 11) is 1.58. The van der Waals surface area contributed by atoms with E-state index in [4.69, 9.17) is 9.47 Å². The summed E-state index contributed by atoms with van der Waals surface area (Å²) in [5, 5.41) is 14.7. The Labute approximate surface area is 156 Å². The summed E-state index contributed by atoms with van der Waals surface area (Å²) < 4.78 is 36.6. The molecule has 0 aliphatic heterocycles. The highest BCUT2D eigenvalue weighted by atomic mass is 19.1. The zero-order valence-corrected chi connectivity index (χ0v) is 14.9. The Balaban J connectivity index is 1.62. The Morgan fingerprint density at radius 3 is 2.37 bits per heavy atom. The van der Waals surface area contributed by atoms with Crippen LogP contribution in [0.4, 0.5) is 13.6 Å². The van der Waals surface area contributed by atoms with Crippen molar-refractivity contribution in [1.82, 2.24) is 10.6 Å². The maximum Gasteiger partial charge on any atom is 0.315 e. The van der Waals surface area contributed by atoms with Crippen LogP contribution in [0.1, 0.15) is 11.1 Å². The number of aliphatic hydroxyl groups excluding tert-OH is 1. The molecule has 0 heterocycles. The minimum absolute atomic E-state index is 0.0219. The third kappa shape index (κ3) is 7.59. The van der Waals surface area contributed by atoms with Gasteiger partial charge in [0.05, 0.1) is 26.4 Å². The van der Waals surface area contributed by atoms with Gasteiger partial charge in [-0.2, -0.15) is 0 Å². The number of aliphatic hydroxyl groups is 1. The number of hydrogen-bond donors (Lipinski definition) is 3. The van der Waals surface area contributed by atoms with Crippen LogP contribution in [0.3, 0.4) is 0 Å². The number of amides is 2. The normalized spacial score (nSPS) is 11.7. The highest BCUT2D eigenvalue weighted by Gasteiger charge is 2.08. The van der Waals surface area contributed by atoms with Gasteiger partial charge < -0.3 is 25.2 Å². The second kappa shape index (κ2) is 10.4. The van der Waals surface area contributed by atoms with Crippen molar-refractivity contribution in [3.63, 3.8) is 0 Å². The molecule has 0 aromatic heterocycles. The summed E-state index contributed by atoms with van der Waals surface area (Å²) in [5.41, 5.74) is 1.22. The molecule has 8 heteroatoms. The Kier molecular flexibility index (Phi) is 7.97. The number of carbonyl (C=O) groups excluding carboxylic acids is 1. The lowest BCUT2D eigenvalue weighted by molar-refractivity contribution is 0.0300. The number of carbonyl (C=O) groups is 1. The third-order valence-electron chi connectivity index (χ3n) is 3.61. The van der Waals surface area contributed by atoms with E-state index in [0.29, 0.717) is 12.2 Å². The quantitative estimate of drug-likeness (QED) is 0.624. The SMILES string of the molecule is COc1ccc(COCC(O)CNC(=O)NCc2cc(F)cc(F)c2)cc1. The maximum atomic E-state index is 13.1. The fraction of sp³-hybridized carbons (Fsp3) is 0.316. The van der Waals surface area contributed by atoms with Gasteiger partial charge in [-0.15, -0.1) is 0 Å². The standard InChI is InChI=1S/C19H22F2N2O4/c1-26-18-4-2-13(3-5-18)11-27-12-17(24)10-23-19(25)22-9-14-6-15(20)8-16(21)7-14/h2-8,17,24H,9-12H2,1H3,(H2,22,23,25). The minimum atomic E-state index is -0.888. The first-order chi connectivity index (χ1) is 13.0. The van der Waals surface area contributed by atoms with E-state index in [1.165, 1.54) is 0 Å². The van der Waals surface area contributed by atoms with Gasteiger partial charge in [0.25, 0.3) is 0 Å². The maximum absolute atomic E-state index is 13.1. The van der Waals surface area contributed by atoms with Crippen LogP contribution >= 0.6 is 0 Å². The molecule has 0 radical (unpaired) electrons. The molecular weight excluding hydrogens is 358 g/mol. The van der Waals surface area contributed by atoms with Gasteiger partial charge in [-0.05, 0) is 35.4 Å². The Hall–Kier alpha value is -2.71. The van der Waals surface area contributed by atoms with E-state index in [9.17, 15) is 18.7 Å². The zero-order valence-electron chi connectivity index (χ0n) is 14.9. The van der Waals surface area contributed by atoms with Gasteiger partial charge >= 0.3 is 6.03 Å². The molecule has 3 N–H and O–H groups in total. The molecule has 2 aromatic carbocycles. The van der Waals surface area contributed by atoms with Gasteiger partial charge in [0.15, 0.2) is 0 Å². The molecule has 0 aliphatic carbocycles. The first-order valence-electron chi connectivity index (χ1n) is 8.31. The van der Waals surface area contributed by atoms with Gasteiger partial charge in [-0.1, -0.05) is 12.1 Å². The highest BCUT2D eigenvalue weighted by molar-refractivity contribution is 5.73. The summed E-state index contributed by atoms with van der Waals surface area (Å²) in [6.07, 6.45) is -0.888. The van der Waals surface area contributed by atoms with E-state index in [2.05, 4.69) is 10.6 Å². The van der Waals surface area contributed by atoms with Crippen molar-refractivity contribution in [1.29, 1.82) is 0 Å². The average Bonchev–Trinajstić information content (AvgIpc) is 2.64. The number of methoxy groups -OCH3 is 1. The Bertz CT molecular complexity index is 721. The summed E-state index contributed by atoms with van der Waals surface area (Å²) in [5.74, 6) is -0.678. The fourth-order valence-electron chi connectivity index (χ4n) is 2.26. The number of nitrogens with one attached hydrogen (secondary N) is 2. The van der Waals surface area contributed by atoms with Crippen molar-refractivity contribution >= 4 is 6.03 Å². The molecule has 2 amide bonds. The molecule has 0 fully saturated rings. The summed E-state index contributed by atoms with van der Waals surface area (Å²) in [6, 6.07) is 9.78. The first-order valence-corrected chi connectivity index (χ1v) is 8.31. The third-order valence-corrected chi connectivity index (χ3v) is 3.61. The van der Waals surface area contributed by atoms with Crippen LogP contribution in [0.25, 0.3) is 0 Å². The number of rotatable bonds is 9. The van der Waals surface area contributed by atoms with Crippen LogP contribution in [0, 0.1) is 11.6 Å². The van der Waals surface area contributed by atoms with Crippen molar-refractivity contribution in [2.45, 2.75) is 19.3 Å². The average molecular weight is 380 g/mol. The van der Waals surface area contributed by atoms with Gasteiger partial charge in [0, 0.05) is 19.2 Å². The van der Waals surface area contributed by atoms with Crippen LogP contribution in [-0.2, 0) is 17.9 Å². The summed E-state index contributed by atoms with van der Waals surface area (Å²) in [4.78, 5) is 11.7. The number of hydrogen-bond acceptors (Lipinski definition) is 4. The molecule has 0 saturated carbocycles. The molecule has 0 saturated heterocycles. The molecule has 0 aliphatic rings. The fourth-order valence-corrected chi connectivity index (χ4v) is 2.26. The van der Waals surface area contributed by atoms with Crippen molar-refractivity contribution in [3.8, 4) is 5.75 Å². The molecule has 1 unspecified atom stereocenters.